The molecule has 0 saturated carbocycles. The van der Waals surface area contributed by atoms with E-state index in [1.165, 1.54) is 12.7 Å². The first-order valence-corrected chi connectivity index (χ1v) is 7.73. The molecule has 0 aliphatic carbocycles. The van der Waals surface area contributed by atoms with Gasteiger partial charge in [-0.3, -0.25) is 9.78 Å². The molecule has 116 valence electrons. The third kappa shape index (κ3) is 4.85. The molecule has 2 aromatic rings. The molecule has 0 aliphatic rings. The molecule has 0 bridgehead atoms. The van der Waals surface area contributed by atoms with E-state index in [1.54, 1.807) is 0 Å². The van der Waals surface area contributed by atoms with E-state index in [2.05, 4.69) is 15.8 Å². The number of benzene rings is 1. The van der Waals surface area contributed by atoms with Crippen LogP contribution in [-0.4, -0.2) is 18.1 Å². The van der Waals surface area contributed by atoms with Crippen molar-refractivity contribution in [1.82, 2.24) is 4.98 Å². The van der Waals surface area contributed by atoms with E-state index >= 15 is 0 Å². The number of aryl methyl sites for hydroxylation is 4. The molecule has 1 aromatic carbocycles. The highest BCUT2D eigenvalue weighted by Gasteiger charge is 2.07. The van der Waals surface area contributed by atoms with Gasteiger partial charge in [0, 0.05) is 22.8 Å². The zero-order chi connectivity index (χ0) is 15.9. The van der Waals surface area contributed by atoms with Crippen molar-refractivity contribution in [3.63, 3.8) is 0 Å². The van der Waals surface area contributed by atoms with Gasteiger partial charge in [-0.1, -0.05) is 29.8 Å². The normalized spacial score (nSPS) is 10.5. The molecule has 0 N–H and O–H groups in total. The number of nitrogens with zero attached hydrogens (tertiary/aromatic N) is 1. The van der Waals surface area contributed by atoms with E-state index in [9.17, 15) is 4.79 Å². The maximum absolute atomic E-state index is 11.3. The van der Waals surface area contributed by atoms with E-state index in [0.29, 0.717) is 17.9 Å². The number of rotatable bonds is 6. The Morgan fingerprint density at radius 2 is 2.00 bits per heavy atom. The summed E-state index contributed by atoms with van der Waals surface area (Å²) in [6.07, 6.45) is 2.74. The van der Waals surface area contributed by atoms with Crippen LogP contribution in [0.25, 0.3) is 0 Å². The highest BCUT2D eigenvalue weighted by molar-refractivity contribution is 6.31. The van der Waals surface area contributed by atoms with E-state index in [0.717, 1.165) is 29.8 Å². The molecular weight excluding hydrogens is 298 g/mol. The molecule has 0 saturated heterocycles. The van der Waals surface area contributed by atoms with Crippen molar-refractivity contribution in [3.05, 3.63) is 63.9 Å². The van der Waals surface area contributed by atoms with Crippen LogP contribution < -0.4 is 0 Å². The van der Waals surface area contributed by atoms with Crippen molar-refractivity contribution in [3.8, 4) is 0 Å². The topological polar surface area (TPSA) is 39.2 Å². The second-order valence-corrected chi connectivity index (χ2v) is 5.68. The molecule has 0 amide bonds. The number of aromatic nitrogens is 1. The lowest BCUT2D eigenvalue weighted by Crippen LogP contribution is -2.03. The smallest absolute Gasteiger partial charge is 0.305 e. The van der Waals surface area contributed by atoms with Crippen LogP contribution >= 0.6 is 11.6 Å². The number of carbonyl (C=O) groups excluding carboxylic acids is 1. The van der Waals surface area contributed by atoms with Crippen molar-refractivity contribution in [1.29, 1.82) is 0 Å². The zero-order valence-corrected chi connectivity index (χ0v) is 13.7. The van der Waals surface area contributed by atoms with E-state index in [-0.39, 0.29) is 5.97 Å². The van der Waals surface area contributed by atoms with Crippen LogP contribution in [0.15, 0.2) is 36.4 Å². The van der Waals surface area contributed by atoms with Crippen molar-refractivity contribution >= 4 is 17.6 Å². The van der Waals surface area contributed by atoms with E-state index < -0.39 is 0 Å². The summed E-state index contributed by atoms with van der Waals surface area (Å²) in [6.45, 7) is 2.00. The minimum atomic E-state index is -0.217. The highest BCUT2D eigenvalue weighted by Crippen LogP contribution is 2.20. The minimum Gasteiger partial charge on any atom is -0.469 e. The number of halogens is 1. The van der Waals surface area contributed by atoms with Gasteiger partial charge in [-0.15, -0.1) is 0 Å². The fraction of sp³-hybridized carbons (Fsp3) is 0.333. The lowest BCUT2D eigenvalue weighted by molar-refractivity contribution is -0.140. The molecule has 1 aromatic heterocycles. The lowest BCUT2D eigenvalue weighted by atomic mass is 10.0. The quantitative estimate of drug-likeness (QED) is 0.758. The molecule has 3 nitrogen and oxygen atoms in total. The molecule has 0 radical (unpaired) electrons. The van der Waals surface area contributed by atoms with Gasteiger partial charge in [0.15, 0.2) is 0 Å². The minimum absolute atomic E-state index is 0.217. The number of hydrogen-bond donors (Lipinski definition) is 0. The van der Waals surface area contributed by atoms with Crippen LogP contribution in [0, 0.1) is 6.92 Å². The third-order valence-corrected chi connectivity index (χ3v) is 3.92. The van der Waals surface area contributed by atoms with Crippen molar-refractivity contribution < 1.29 is 9.53 Å². The zero-order valence-electron chi connectivity index (χ0n) is 12.9. The molecule has 0 fully saturated rings. The molecule has 2 rings (SSSR count). The number of esters is 1. The van der Waals surface area contributed by atoms with E-state index in [1.807, 2.05) is 37.3 Å². The van der Waals surface area contributed by atoms with Gasteiger partial charge in [0.25, 0.3) is 0 Å². The van der Waals surface area contributed by atoms with Gasteiger partial charge in [-0.2, -0.15) is 0 Å². The van der Waals surface area contributed by atoms with E-state index in [4.69, 9.17) is 11.6 Å². The van der Waals surface area contributed by atoms with Gasteiger partial charge in [0.05, 0.1) is 7.11 Å². The van der Waals surface area contributed by atoms with Gasteiger partial charge < -0.3 is 4.74 Å². The molecule has 22 heavy (non-hydrogen) atoms. The Labute approximate surface area is 136 Å². The number of ether oxygens (including phenoxy) is 1. The maximum Gasteiger partial charge on any atom is 0.305 e. The summed E-state index contributed by atoms with van der Waals surface area (Å²) in [7, 11) is 1.40. The summed E-state index contributed by atoms with van der Waals surface area (Å²) in [4.78, 5) is 15.8. The summed E-state index contributed by atoms with van der Waals surface area (Å²) in [5.74, 6) is -0.217. The van der Waals surface area contributed by atoms with Crippen LogP contribution in [0.1, 0.15) is 28.9 Å². The predicted octanol–water partition coefficient (Wildman–Crippen LogP) is 3.93. The Hall–Kier alpha value is -1.87. The summed E-state index contributed by atoms with van der Waals surface area (Å²) in [6, 6.07) is 12.1. The summed E-state index contributed by atoms with van der Waals surface area (Å²) < 4.78 is 4.67. The summed E-state index contributed by atoms with van der Waals surface area (Å²) in [5.41, 5.74) is 4.31. The second-order valence-electron chi connectivity index (χ2n) is 5.27. The SMILES string of the molecule is COC(=O)CCc1cc(CCc2cccc(C)n2)ccc1Cl. The second kappa shape index (κ2) is 7.95. The fourth-order valence-electron chi connectivity index (χ4n) is 2.33. The van der Waals surface area contributed by atoms with Gasteiger partial charge >= 0.3 is 5.97 Å². The van der Waals surface area contributed by atoms with Crippen LogP contribution in [-0.2, 0) is 28.8 Å². The first-order chi connectivity index (χ1) is 10.6. The van der Waals surface area contributed by atoms with Crippen LogP contribution in [0.2, 0.25) is 5.02 Å². The van der Waals surface area contributed by atoms with Gasteiger partial charge in [-0.05, 0) is 55.5 Å². The standard InChI is InChI=1S/C18H20ClNO2/c1-13-4-3-5-16(20-13)9-6-14-7-10-17(19)15(12-14)8-11-18(21)22-2/h3-5,7,10,12H,6,8-9,11H2,1-2H3. The third-order valence-electron chi connectivity index (χ3n) is 3.55. The number of hydrogen-bond acceptors (Lipinski definition) is 3. The maximum atomic E-state index is 11.3. The van der Waals surface area contributed by atoms with Crippen molar-refractivity contribution in [2.75, 3.05) is 7.11 Å². The highest BCUT2D eigenvalue weighted by atomic mass is 35.5. The molecular formula is C18H20ClNO2. The van der Waals surface area contributed by atoms with Crippen LogP contribution in [0.4, 0.5) is 0 Å². The number of carbonyl (C=O) groups is 1. The van der Waals surface area contributed by atoms with Crippen molar-refractivity contribution in [2.24, 2.45) is 0 Å². The summed E-state index contributed by atoms with van der Waals surface area (Å²) >= 11 is 6.20. The Morgan fingerprint density at radius 3 is 2.73 bits per heavy atom. The molecule has 0 aliphatic heterocycles. The number of methoxy groups -OCH3 is 1. The Morgan fingerprint density at radius 1 is 1.18 bits per heavy atom. The Bertz CT molecular complexity index is 655. The fourth-order valence-corrected chi connectivity index (χ4v) is 2.54. The lowest BCUT2D eigenvalue weighted by Gasteiger charge is -2.08. The first-order valence-electron chi connectivity index (χ1n) is 7.35. The first kappa shape index (κ1) is 16.5. The summed E-state index contributed by atoms with van der Waals surface area (Å²) in [5, 5.41) is 0.696. The number of pyridine rings is 1. The largest absolute Gasteiger partial charge is 0.469 e. The Kier molecular flexibility index (Phi) is 5.96. The predicted molar refractivity (Wildman–Crippen MR) is 88.2 cm³/mol. The van der Waals surface area contributed by atoms with Crippen LogP contribution in [0.3, 0.4) is 0 Å². The molecule has 4 heteroatoms. The van der Waals surface area contributed by atoms with Crippen LogP contribution in [0.5, 0.6) is 0 Å². The Balaban J connectivity index is 2.01. The van der Waals surface area contributed by atoms with Gasteiger partial charge in [-0.25, -0.2) is 0 Å². The average molecular weight is 318 g/mol. The van der Waals surface area contributed by atoms with Gasteiger partial charge in [0.1, 0.15) is 0 Å². The molecule has 0 unspecified atom stereocenters. The molecule has 1 heterocycles. The van der Waals surface area contributed by atoms with Crippen molar-refractivity contribution in [2.45, 2.75) is 32.6 Å². The average Bonchev–Trinajstić information content (AvgIpc) is 2.52. The monoisotopic (exact) mass is 317 g/mol. The van der Waals surface area contributed by atoms with Gasteiger partial charge in [0.2, 0.25) is 0 Å². The molecule has 0 atom stereocenters. The molecule has 0 spiro atoms.